The largest absolute Gasteiger partial charge is 0.294 e. The number of rotatable bonds is 7. The summed E-state index contributed by atoms with van der Waals surface area (Å²) in [6.07, 6.45) is 5.81. The molecule has 1 N–H and O–H groups in total. The monoisotopic (exact) mass is 270 g/mol. The summed E-state index contributed by atoms with van der Waals surface area (Å²) >= 11 is 0. The Morgan fingerprint density at radius 3 is 2.17 bits per heavy atom. The lowest BCUT2D eigenvalue weighted by Crippen LogP contribution is -1.98. The van der Waals surface area contributed by atoms with Crippen LogP contribution in [0.5, 0.6) is 0 Å². The summed E-state index contributed by atoms with van der Waals surface area (Å²) in [4.78, 5) is -0.0361. The van der Waals surface area contributed by atoms with Gasteiger partial charge in [0.05, 0.1) is 4.90 Å². The van der Waals surface area contributed by atoms with Crippen molar-refractivity contribution in [2.24, 2.45) is 5.92 Å². The summed E-state index contributed by atoms with van der Waals surface area (Å²) < 4.78 is 30.6. The molecule has 0 bridgehead atoms. The van der Waals surface area contributed by atoms with Crippen LogP contribution in [0.4, 0.5) is 0 Å². The van der Waals surface area contributed by atoms with Crippen LogP contribution in [0.2, 0.25) is 0 Å². The Morgan fingerprint density at radius 1 is 1.06 bits per heavy atom. The Bertz CT molecular complexity index is 446. The van der Waals surface area contributed by atoms with Crippen LogP contribution in [0.1, 0.15) is 45.1 Å². The number of hydrogen-bond acceptors (Lipinski definition) is 2. The van der Waals surface area contributed by atoms with Crippen molar-refractivity contribution in [1.29, 1.82) is 0 Å². The van der Waals surface area contributed by atoms with Crippen LogP contribution in [0, 0.1) is 5.92 Å². The molecular formula is C14H22O3S. The summed E-state index contributed by atoms with van der Waals surface area (Å²) in [5.41, 5.74) is 1.12. The molecule has 102 valence electrons. The topological polar surface area (TPSA) is 54.4 Å². The molecule has 0 atom stereocenters. The molecule has 0 unspecified atom stereocenters. The van der Waals surface area contributed by atoms with Crippen molar-refractivity contribution in [3.8, 4) is 0 Å². The van der Waals surface area contributed by atoms with E-state index in [0.29, 0.717) is 0 Å². The lowest BCUT2D eigenvalue weighted by molar-refractivity contribution is 0.483. The lowest BCUT2D eigenvalue weighted by atomic mass is 10.0. The highest BCUT2D eigenvalue weighted by molar-refractivity contribution is 7.85. The normalized spacial score (nSPS) is 12.0. The molecule has 0 aliphatic rings. The quantitative estimate of drug-likeness (QED) is 0.607. The highest BCUT2D eigenvalue weighted by Crippen LogP contribution is 2.14. The van der Waals surface area contributed by atoms with E-state index in [-0.39, 0.29) is 4.90 Å². The zero-order valence-corrected chi connectivity index (χ0v) is 11.9. The maximum absolute atomic E-state index is 10.9. The summed E-state index contributed by atoms with van der Waals surface area (Å²) in [5.74, 6) is 0.763. The van der Waals surface area contributed by atoms with E-state index < -0.39 is 10.1 Å². The van der Waals surface area contributed by atoms with Gasteiger partial charge in [-0.3, -0.25) is 4.55 Å². The minimum Gasteiger partial charge on any atom is -0.282 e. The molecule has 4 heteroatoms. The highest BCUT2D eigenvalue weighted by atomic mass is 32.2. The standard InChI is InChI=1S/C14H22O3S/c1-12(2)6-4-3-5-7-13-8-10-14(11-9-13)18(15,16)17/h8-12H,3-7H2,1-2H3,(H,15,16,17). The van der Waals surface area contributed by atoms with Crippen LogP contribution in [-0.2, 0) is 16.5 Å². The van der Waals surface area contributed by atoms with Gasteiger partial charge in [-0.25, -0.2) is 0 Å². The van der Waals surface area contributed by atoms with Crippen molar-refractivity contribution >= 4 is 10.1 Å². The van der Waals surface area contributed by atoms with E-state index in [2.05, 4.69) is 13.8 Å². The Balaban J connectivity index is 2.36. The van der Waals surface area contributed by atoms with Gasteiger partial charge in [0.15, 0.2) is 0 Å². The second-order valence-electron chi connectivity index (χ2n) is 5.11. The van der Waals surface area contributed by atoms with E-state index in [1.807, 2.05) is 0 Å². The van der Waals surface area contributed by atoms with Crippen LogP contribution >= 0.6 is 0 Å². The van der Waals surface area contributed by atoms with Gasteiger partial charge in [-0.05, 0) is 36.5 Å². The Kier molecular flexibility index (Phi) is 5.82. The maximum atomic E-state index is 10.9. The van der Waals surface area contributed by atoms with Crippen LogP contribution in [0.3, 0.4) is 0 Å². The predicted molar refractivity (Wildman–Crippen MR) is 73.3 cm³/mol. The number of unbranched alkanes of at least 4 members (excludes halogenated alkanes) is 2. The first-order valence-electron chi connectivity index (χ1n) is 6.46. The van der Waals surface area contributed by atoms with E-state index >= 15 is 0 Å². The highest BCUT2D eigenvalue weighted by Gasteiger charge is 2.08. The van der Waals surface area contributed by atoms with Crippen LogP contribution < -0.4 is 0 Å². The Hall–Kier alpha value is -0.870. The van der Waals surface area contributed by atoms with Crippen molar-refractivity contribution in [2.45, 2.75) is 50.8 Å². The fourth-order valence-corrected chi connectivity index (χ4v) is 2.37. The molecule has 3 nitrogen and oxygen atoms in total. The van der Waals surface area contributed by atoms with Gasteiger partial charge in [-0.1, -0.05) is 45.2 Å². The molecule has 0 fully saturated rings. The molecule has 0 aliphatic carbocycles. The average molecular weight is 270 g/mol. The van der Waals surface area contributed by atoms with Crippen molar-refractivity contribution in [3.05, 3.63) is 29.8 Å². The number of benzene rings is 1. The van der Waals surface area contributed by atoms with E-state index in [4.69, 9.17) is 4.55 Å². The third kappa shape index (κ3) is 5.65. The van der Waals surface area contributed by atoms with Gasteiger partial charge in [0.1, 0.15) is 0 Å². The van der Waals surface area contributed by atoms with E-state index in [0.717, 1.165) is 24.3 Å². The Morgan fingerprint density at radius 2 is 1.67 bits per heavy atom. The third-order valence-corrected chi connectivity index (χ3v) is 3.84. The third-order valence-electron chi connectivity index (χ3n) is 2.97. The van der Waals surface area contributed by atoms with Gasteiger partial charge >= 0.3 is 0 Å². The van der Waals surface area contributed by atoms with Gasteiger partial charge in [0, 0.05) is 0 Å². The van der Waals surface area contributed by atoms with Crippen molar-refractivity contribution in [1.82, 2.24) is 0 Å². The molecule has 1 aromatic rings. The second kappa shape index (κ2) is 6.90. The van der Waals surface area contributed by atoms with Crippen molar-refractivity contribution in [3.63, 3.8) is 0 Å². The van der Waals surface area contributed by atoms with Crippen molar-refractivity contribution < 1.29 is 13.0 Å². The maximum Gasteiger partial charge on any atom is 0.294 e. The molecule has 0 heterocycles. The fraction of sp³-hybridized carbons (Fsp3) is 0.571. The van der Waals surface area contributed by atoms with Gasteiger partial charge in [0.2, 0.25) is 0 Å². The van der Waals surface area contributed by atoms with Crippen LogP contribution in [-0.4, -0.2) is 13.0 Å². The summed E-state index contributed by atoms with van der Waals surface area (Å²) in [5, 5.41) is 0. The average Bonchev–Trinajstić information content (AvgIpc) is 2.27. The van der Waals surface area contributed by atoms with Crippen LogP contribution in [0.25, 0.3) is 0 Å². The first kappa shape index (κ1) is 15.2. The summed E-state index contributed by atoms with van der Waals surface area (Å²) in [7, 11) is -4.06. The smallest absolute Gasteiger partial charge is 0.282 e. The molecule has 0 amide bonds. The molecule has 0 aliphatic heterocycles. The zero-order valence-electron chi connectivity index (χ0n) is 11.1. The summed E-state index contributed by atoms with van der Waals surface area (Å²) in [6, 6.07) is 6.45. The molecular weight excluding hydrogens is 248 g/mol. The van der Waals surface area contributed by atoms with E-state index in [1.165, 1.54) is 31.4 Å². The minimum atomic E-state index is -4.06. The second-order valence-corrected chi connectivity index (χ2v) is 6.53. The van der Waals surface area contributed by atoms with E-state index in [1.54, 1.807) is 12.1 Å². The number of aryl methyl sites for hydroxylation is 1. The molecule has 0 saturated heterocycles. The Labute approximate surface area is 110 Å². The molecule has 0 saturated carbocycles. The number of hydrogen-bond donors (Lipinski definition) is 1. The van der Waals surface area contributed by atoms with Gasteiger partial charge in [-0.15, -0.1) is 0 Å². The molecule has 18 heavy (non-hydrogen) atoms. The molecule has 0 spiro atoms. The molecule has 0 radical (unpaired) electrons. The lowest BCUT2D eigenvalue weighted by Gasteiger charge is -2.05. The molecule has 1 aromatic carbocycles. The predicted octanol–water partition coefficient (Wildman–Crippen LogP) is 3.69. The summed E-state index contributed by atoms with van der Waals surface area (Å²) in [6.45, 7) is 4.46. The van der Waals surface area contributed by atoms with Gasteiger partial charge in [-0.2, -0.15) is 8.42 Å². The SMILES string of the molecule is CC(C)CCCCCc1ccc(S(=O)(=O)O)cc1. The minimum absolute atomic E-state index is 0.0361. The van der Waals surface area contributed by atoms with Crippen molar-refractivity contribution in [2.75, 3.05) is 0 Å². The van der Waals surface area contributed by atoms with E-state index in [9.17, 15) is 8.42 Å². The first-order valence-corrected chi connectivity index (χ1v) is 7.90. The van der Waals surface area contributed by atoms with Crippen LogP contribution in [0.15, 0.2) is 29.2 Å². The first-order chi connectivity index (χ1) is 8.39. The fourth-order valence-electron chi connectivity index (χ4n) is 1.89. The molecule has 0 aromatic heterocycles. The zero-order chi connectivity index (χ0) is 13.6. The molecule has 1 rings (SSSR count). The van der Waals surface area contributed by atoms with Gasteiger partial charge in [0.25, 0.3) is 10.1 Å². The van der Waals surface area contributed by atoms with Gasteiger partial charge < -0.3 is 0 Å².